The Hall–Kier alpha value is 0.620. The Kier molecular flexibility index (Phi) is 4.86. The van der Waals surface area contributed by atoms with E-state index >= 15 is 0 Å². The third-order valence-electron chi connectivity index (χ3n) is 0.362. The van der Waals surface area contributed by atoms with Crippen LogP contribution in [-0.2, 0) is 18.2 Å². The summed E-state index contributed by atoms with van der Waals surface area (Å²) in [5.41, 5.74) is 0. The van der Waals surface area contributed by atoms with Gasteiger partial charge in [-0.05, 0) is 32.3 Å². The quantitative estimate of drug-likeness (QED) is 0.394. The molecule has 2 unspecified atom stereocenters. The van der Waals surface area contributed by atoms with E-state index in [0.717, 1.165) is 0 Å². The molecule has 6 nitrogen and oxygen atoms in total. The highest BCUT2D eigenvalue weighted by Gasteiger charge is 2.40. The van der Waals surface area contributed by atoms with Crippen LogP contribution in [-0.4, -0.2) is 4.71 Å². The summed E-state index contributed by atoms with van der Waals surface area (Å²) < 4.78 is 24.1. The Balaban J connectivity index is 3.99. The van der Waals surface area contributed by atoms with Crippen molar-refractivity contribution >= 4 is 39.7 Å². The zero-order chi connectivity index (χ0) is 9.07. The van der Waals surface area contributed by atoms with Crippen LogP contribution in [0.15, 0.2) is 0 Å². The Bertz CT molecular complexity index is 161. The van der Waals surface area contributed by atoms with Gasteiger partial charge in [-0.15, -0.1) is 0 Å². The standard InChI is InChI=1S/CCl2O6P2/c2-1(3,8-10(4)5)9-11(6)7. The summed E-state index contributed by atoms with van der Waals surface area (Å²) in [4.78, 5) is 19.5. The molecule has 2 atom stereocenters. The molecule has 0 bridgehead atoms. The molecule has 0 aliphatic carbocycles. The van der Waals surface area contributed by atoms with Gasteiger partial charge in [-0.3, -0.25) is 0 Å². The van der Waals surface area contributed by atoms with Crippen LogP contribution in [0.2, 0.25) is 0 Å². The largest absolute Gasteiger partial charge is 0.566 e. The van der Waals surface area contributed by atoms with Crippen LogP contribution in [0.4, 0.5) is 0 Å². The SMILES string of the molecule is O=[P+]([O-])OC(Cl)(Cl)O[P+](=O)[O-]. The summed E-state index contributed by atoms with van der Waals surface area (Å²) in [5.74, 6) is 0. The van der Waals surface area contributed by atoms with Crippen LogP contribution in [0.5, 0.6) is 0 Å². The Morgan fingerprint density at radius 2 is 1.36 bits per heavy atom. The van der Waals surface area contributed by atoms with Crippen molar-refractivity contribution in [1.82, 2.24) is 0 Å². The lowest BCUT2D eigenvalue weighted by molar-refractivity contribution is -0.211. The number of alkyl halides is 2. The summed E-state index contributed by atoms with van der Waals surface area (Å²) in [6.45, 7) is 0. The van der Waals surface area contributed by atoms with E-state index in [1.807, 2.05) is 0 Å². The van der Waals surface area contributed by atoms with Crippen LogP contribution in [0.25, 0.3) is 0 Å². The van der Waals surface area contributed by atoms with Crippen LogP contribution in [0, 0.1) is 0 Å². The summed E-state index contributed by atoms with van der Waals surface area (Å²) in [7, 11) is -6.75. The third-order valence-corrected chi connectivity index (χ3v) is 1.91. The van der Waals surface area contributed by atoms with E-state index in [4.69, 9.17) is 23.2 Å². The third kappa shape index (κ3) is 7.00. The highest BCUT2D eigenvalue weighted by Crippen LogP contribution is 2.37. The van der Waals surface area contributed by atoms with Gasteiger partial charge in [-0.1, -0.05) is 9.05 Å². The van der Waals surface area contributed by atoms with Gasteiger partial charge in [-0.2, -0.15) is 0 Å². The zero-order valence-corrected chi connectivity index (χ0v) is 7.90. The van der Waals surface area contributed by atoms with Gasteiger partial charge in [0.1, 0.15) is 0 Å². The number of hydrogen-bond donors (Lipinski definition) is 0. The molecule has 0 amide bonds. The fraction of sp³-hybridized carbons (Fsp3) is 1.00. The molecule has 0 aromatic rings. The molecule has 0 fully saturated rings. The molecule has 0 N–H and O–H groups in total. The molecule has 0 heterocycles. The maximum atomic E-state index is 9.77. The van der Waals surface area contributed by atoms with Crippen molar-refractivity contribution < 1.29 is 28.0 Å². The summed E-state index contributed by atoms with van der Waals surface area (Å²) in [6.07, 6.45) is 0. The maximum absolute atomic E-state index is 9.77. The smallest absolute Gasteiger partial charge is 0.494 e. The number of rotatable bonds is 4. The molecule has 0 radical (unpaired) electrons. The van der Waals surface area contributed by atoms with Gasteiger partial charge in [0.25, 0.3) is 0 Å². The van der Waals surface area contributed by atoms with E-state index in [9.17, 15) is 18.9 Å². The predicted molar refractivity (Wildman–Crippen MR) is 31.8 cm³/mol. The number of halogens is 2. The van der Waals surface area contributed by atoms with Crippen molar-refractivity contribution in [3.05, 3.63) is 0 Å². The molecular formula is CCl2O6P2. The van der Waals surface area contributed by atoms with Crippen molar-refractivity contribution in [2.24, 2.45) is 0 Å². The van der Waals surface area contributed by atoms with E-state index in [1.165, 1.54) is 0 Å². The molecule has 11 heavy (non-hydrogen) atoms. The van der Waals surface area contributed by atoms with Crippen molar-refractivity contribution in [3.8, 4) is 0 Å². The zero-order valence-electron chi connectivity index (χ0n) is 4.60. The first-order valence-electron chi connectivity index (χ1n) is 1.88. The lowest BCUT2D eigenvalue weighted by Crippen LogP contribution is -2.18. The lowest BCUT2D eigenvalue weighted by atomic mass is 11.5. The second-order valence-electron chi connectivity index (χ2n) is 1.09. The van der Waals surface area contributed by atoms with Gasteiger partial charge >= 0.3 is 21.2 Å². The van der Waals surface area contributed by atoms with E-state index in [2.05, 4.69) is 9.05 Å². The molecule has 0 aliphatic heterocycles. The van der Waals surface area contributed by atoms with Crippen LogP contribution in [0.3, 0.4) is 0 Å². The summed E-state index contributed by atoms with van der Waals surface area (Å²) in [6, 6.07) is 0. The summed E-state index contributed by atoms with van der Waals surface area (Å²) in [5, 5.41) is 0. The van der Waals surface area contributed by atoms with Crippen molar-refractivity contribution in [3.63, 3.8) is 0 Å². The molecule has 0 aromatic heterocycles. The van der Waals surface area contributed by atoms with Gasteiger partial charge < -0.3 is 9.79 Å². The Labute approximate surface area is 72.9 Å². The lowest BCUT2D eigenvalue weighted by Gasteiger charge is -2.04. The van der Waals surface area contributed by atoms with Gasteiger partial charge in [0.15, 0.2) is 0 Å². The van der Waals surface area contributed by atoms with Crippen molar-refractivity contribution in [2.45, 2.75) is 4.71 Å². The Morgan fingerprint density at radius 3 is 1.55 bits per heavy atom. The number of hydrogen-bond acceptors (Lipinski definition) is 6. The first kappa shape index (κ1) is 11.6. The van der Waals surface area contributed by atoms with Gasteiger partial charge in [0.2, 0.25) is 0 Å². The minimum atomic E-state index is -3.38. The minimum Gasteiger partial charge on any atom is -0.566 e. The van der Waals surface area contributed by atoms with Crippen molar-refractivity contribution in [1.29, 1.82) is 0 Å². The fourth-order valence-electron chi connectivity index (χ4n) is 0.190. The molecule has 0 rings (SSSR count). The van der Waals surface area contributed by atoms with E-state index in [1.54, 1.807) is 0 Å². The first-order chi connectivity index (χ1) is 4.83. The maximum Gasteiger partial charge on any atom is 0.494 e. The normalized spacial score (nSPS) is 14.5. The topological polar surface area (TPSA) is 98.7 Å². The van der Waals surface area contributed by atoms with E-state index in [0.29, 0.717) is 0 Å². The first-order valence-corrected chi connectivity index (χ1v) is 4.83. The molecule has 10 heteroatoms. The molecule has 0 aromatic carbocycles. The fourth-order valence-corrected chi connectivity index (χ4v) is 1.35. The minimum absolute atomic E-state index is 2.70. The Morgan fingerprint density at radius 1 is 1.09 bits per heavy atom. The summed E-state index contributed by atoms with van der Waals surface area (Å²) >= 11 is 9.76. The average molecular weight is 241 g/mol. The monoisotopic (exact) mass is 240 g/mol. The average Bonchev–Trinajstić information content (AvgIpc) is 1.53. The van der Waals surface area contributed by atoms with Crippen LogP contribution in [0.1, 0.15) is 0 Å². The highest BCUT2D eigenvalue weighted by atomic mass is 35.5. The predicted octanol–water partition coefficient (Wildman–Crippen LogP) is 0.144. The second kappa shape index (κ2) is 4.60. The molecule has 64 valence electrons. The molecule has 0 spiro atoms. The van der Waals surface area contributed by atoms with Crippen molar-refractivity contribution in [2.75, 3.05) is 0 Å². The molecular weight excluding hydrogens is 241 g/mol. The van der Waals surface area contributed by atoms with E-state index < -0.39 is 21.2 Å². The highest BCUT2D eigenvalue weighted by molar-refractivity contribution is 7.31. The van der Waals surface area contributed by atoms with Crippen LogP contribution < -0.4 is 9.79 Å². The van der Waals surface area contributed by atoms with Gasteiger partial charge in [0, 0.05) is 0 Å². The molecule has 0 saturated heterocycles. The molecule has 0 saturated carbocycles. The molecule has 0 aliphatic rings. The van der Waals surface area contributed by atoms with Gasteiger partial charge in [-0.25, -0.2) is 0 Å². The van der Waals surface area contributed by atoms with E-state index in [-0.39, 0.29) is 0 Å². The van der Waals surface area contributed by atoms with Crippen LogP contribution >= 0.6 is 39.7 Å². The second-order valence-corrected chi connectivity index (χ2v) is 3.54. The van der Waals surface area contributed by atoms with Gasteiger partial charge in [0.05, 0.1) is 0 Å².